The quantitative estimate of drug-likeness (QED) is 0.865. The van der Waals surface area contributed by atoms with Crippen LogP contribution in [0.25, 0.3) is 10.2 Å². The van der Waals surface area contributed by atoms with E-state index in [-0.39, 0.29) is 5.91 Å². The third-order valence-electron chi connectivity index (χ3n) is 2.84. The second-order valence-electron chi connectivity index (χ2n) is 3.98. The van der Waals surface area contributed by atoms with Crippen molar-refractivity contribution in [3.8, 4) is 11.5 Å². The second-order valence-corrected chi connectivity index (χ2v) is 4.99. The zero-order valence-electron chi connectivity index (χ0n) is 11.4. The Labute approximate surface area is 115 Å². The predicted octanol–water partition coefficient (Wildman–Crippen LogP) is 2.09. The smallest absolute Gasteiger partial charge is 0.248 e. The van der Waals surface area contributed by atoms with E-state index < -0.39 is 0 Å². The van der Waals surface area contributed by atoms with Gasteiger partial charge in [-0.3, -0.25) is 4.79 Å². The largest absolute Gasteiger partial charge is 0.493 e. The summed E-state index contributed by atoms with van der Waals surface area (Å²) in [7, 11) is 5.08. The molecule has 19 heavy (non-hydrogen) atoms. The number of aromatic nitrogens is 1. The van der Waals surface area contributed by atoms with Crippen LogP contribution >= 0.6 is 11.3 Å². The third-order valence-corrected chi connectivity index (χ3v) is 3.93. The number of nitrogens with zero attached hydrogens (tertiary/aromatic N) is 2. The minimum Gasteiger partial charge on any atom is -0.493 e. The first-order valence-corrected chi connectivity index (χ1v) is 6.71. The molecule has 5 nitrogen and oxygen atoms in total. The van der Waals surface area contributed by atoms with E-state index in [0.717, 1.165) is 10.2 Å². The molecule has 0 spiro atoms. The second kappa shape index (κ2) is 5.44. The summed E-state index contributed by atoms with van der Waals surface area (Å²) >= 11 is 1.46. The van der Waals surface area contributed by atoms with Crippen LogP contribution in [-0.2, 0) is 11.8 Å². The first-order chi connectivity index (χ1) is 9.10. The molecule has 1 aromatic heterocycles. The van der Waals surface area contributed by atoms with E-state index in [1.54, 1.807) is 21.1 Å². The van der Waals surface area contributed by atoms with Crippen molar-refractivity contribution in [2.24, 2.45) is 12.0 Å². The van der Waals surface area contributed by atoms with Gasteiger partial charge in [-0.15, -0.1) is 0 Å². The summed E-state index contributed by atoms with van der Waals surface area (Å²) in [6.45, 7) is 1.80. The summed E-state index contributed by atoms with van der Waals surface area (Å²) in [5.74, 6) is 1.21. The van der Waals surface area contributed by atoms with E-state index in [1.807, 2.05) is 23.7 Å². The van der Waals surface area contributed by atoms with Crippen molar-refractivity contribution >= 4 is 27.5 Å². The number of amides is 1. The number of hydrogen-bond acceptors (Lipinski definition) is 4. The van der Waals surface area contributed by atoms with Crippen LogP contribution in [0.1, 0.15) is 13.3 Å². The van der Waals surface area contributed by atoms with Gasteiger partial charge in [-0.2, -0.15) is 4.99 Å². The Morgan fingerprint density at radius 2 is 1.95 bits per heavy atom. The van der Waals surface area contributed by atoms with Gasteiger partial charge in [0.05, 0.1) is 24.4 Å². The maximum Gasteiger partial charge on any atom is 0.248 e. The molecule has 1 aromatic carbocycles. The lowest BCUT2D eigenvalue weighted by Gasteiger charge is -2.07. The van der Waals surface area contributed by atoms with Crippen molar-refractivity contribution in [2.45, 2.75) is 13.3 Å². The summed E-state index contributed by atoms with van der Waals surface area (Å²) in [6, 6.07) is 3.79. The lowest BCUT2D eigenvalue weighted by Crippen LogP contribution is -2.12. The Hall–Kier alpha value is -1.82. The molecule has 0 N–H and O–H groups in total. The Morgan fingerprint density at radius 3 is 2.53 bits per heavy atom. The number of hydrogen-bond donors (Lipinski definition) is 0. The molecule has 2 aromatic rings. The number of methoxy groups -OCH3 is 2. The molecule has 1 amide bonds. The summed E-state index contributed by atoms with van der Waals surface area (Å²) in [5.41, 5.74) is 0.963. The standard InChI is InChI=1S/C13H16N2O3S/c1-5-12(16)14-13-15(2)8-6-9(17-3)10(18-4)7-11(8)19-13/h6-7H,5H2,1-4H3. The highest BCUT2D eigenvalue weighted by molar-refractivity contribution is 7.16. The van der Waals surface area contributed by atoms with Crippen LogP contribution in [0.4, 0.5) is 0 Å². The molecule has 0 atom stereocenters. The molecule has 0 aliphatic carbocycles. The predicted molar refractivity (Wildman–Crippen MR) is 74.8 cm³/mol. The average molecular weight is 280 g/mol. The highest BCUT2D eigenvalue weighted by Crippen LogP contribution is 2.32. The van der Waals surface area contributed by atoms with Gasteiger partial charge in [-0.05, 0) is 0 Å². The van der Waals surface area contributed by atoms with Gasteiger partial charge in [-0.1, -0.05) is 18.3 Å². The zero-order chi connectivity index (χ0) is 14.0. The van der Waals surface area contributed by atoms with E-state index in [9.17, 15) is 4.79 Å². The average Bonchev–Trinajstić information content (AvgIpc) is 2.73. The van der Waals surface area contributed by atoms with Crippen LogP contribution in [0, 0.1) is 0 Å². The monoisotopic (exact) mass is 280 g/mol. The number of rotatable bonds is 3. The normalized spacial score (nSPS) is 11.9. The van der Waals surface area contributed by atoms with Gasteiger partial charge >= 0.3 is 0 Å². The molecular weight excluding hydrogens is 264 g/mol. The molecular formula is C13H16N2O3S. The van der Waals surface area contributed by atoms with E-state index in [2.05, 4.69) is 4.99 Å². The molecule has 0 aliphatic rings. The fourth-order valence-electron chi connectivity index (χ4n) is 1.75. The first kappa shape index (κ1) is 13.6. The molecule has 0 aliphatic heterocycles. The molecule has 2 rings (SSSR count). The molecule has 0 saturated carbocycles. The van der Waals surface area contributed by atoms with Crippen molar-refractivity contribution in [1.82, 2.24) is 4.57 Å². The Bertz CT molecular complexity index is 685. The minimum atomic E-state index is -0.124. The van der Waals surface area contributed by atoms with Gasteiger partial charge in [0.1, 0.15) is 0 Å². The summed E-state index contributed by atoms with van der Waals surface area (Å²) in [4.78, 5) is 16.2. The Morgan fingerprint density at radius 1 is 1.32 bits per heavy atom. The molecule has 0 unspecified atom stereocenters. The maximum atomic E-state index is 11.4. The Balaban J connectivity index is 2.70. The van der Waals surface area contributed by atoms with E-state index in [1.165, 1.54) is 11.3 Å². The van der Waals surface area contributed by atoms with E-state index in [0.29, 0.717) is 22.7 Å². The molecule has 0 bridgehead atoms. The van der Waals surface area contributed by atoms with Crippen LogP contribution in [0.3, 0.4) is 0 Å². The van der Waals surface area contributed by atoms with Gasteiger partial charge in [0.15, 0.2) is 16.3 Å². The molecule has 6 heteroatoms. The number of ether oxygens (including phenoxy) is 2. The number of fused-ring (bicyclic) bond motifs is 1. The van der Waals surface area contributed by atoms with Crippen molar-refractivity contribution in [3.05, 3.63) is 16.9 Å². The number of aryl methyl sites for hydroxylation is 1. The third kappa shape index (κ3) is 2.49. The molecule has 1 heterocycles. The summed E-state index contributed by atoms with van der Waals surface area (Å²) < 4.78 is 13.4. The van der Waals surface area contributed by atoms with Crippen molar-refractivity contribution in [3.63, 3.8) is 0 Å². The summed E-state index contributed by atoms with van der Waals surface area (Å²) in [5, 5.41) is 0. The number of carbonyl (C=O) groups excluding carboxylic acids is 1. The number of thiazole rings is 1. The van der Waals surface area contributed by atoms with Gasteiger partial charge in [0.25, 0.3) is 0 Å². The van der Waals surface area contributed by atoms with Crippen LogP contribution in [-0.4, -0.2) is 24.7 Å². The van der Waals surface area contributed by atoms with Crippen LogP contribution in [0.2, 0.25) is 0 Å². The fourth-order valence-corrected chi connectivity index (χ4v) is 2.79. The van der Waals surface area contributed by atoms with E-state index >= 15 is 0 Å². The maximum absolute atomic E-state index is 11.4. The van der Waals surface area contributed by atoms with Crippen LogP contribution < -0.4 is 14.3 Å². The minimum absolute atomic E-state index is 0.124. The highest BCUT2D eigenvalue weighted by Gasteiger charge is 2.10. The topological polar surface area (TPSA) is 52.8 Å². The first-order valence-electron chi connectivity index (χ1n) is 5.89. The van der Waals surface area contributed by atoms with Crippen LogP contribution in [0.15, 0.2) is 17.1 Å². The highest BCUT2D eigenvalue weighted by atomic mass is 32.1. The van der Waals surface area contributed by atoms with Gasteiger partial charge in [0, 0.05) is 25.6 Å². The number of benzene rings is 1. The van der Waals surface area contributed by atoms with Gasteiger partial charge in [0.2, 0.25) is 5.91 Å². The van der Waals surface area contributed by atoms with Crippen molar-refractivity contribution in [1.29, 1.82) is 0 Å². The van der Waals surface area contributed by atoms with Gasteiger partial charge in [-0.25, -0.2) is 0 Å². The summed E-state index contributed by atoms with van der Waals surface area (Å²) in [6.07, 6.45) is 0.404. The number of carbonyl (C=O) groups is 1. The Kier molecular flexibility index (Phi) is 3.90. The zero-order valence-corrected chi connectivity index (χ0v) is 12.2. The van der Waals surface area contributed by atoms with E-state index in [4.69, 9.17) is 9.47 Å². The molecule has 0 fully saturated rings. The van der Waals surface area contributed by atoms with Crippen molar-refractivity contribution in [2.75, 3.05) is 14.2 Å². The molecule has 102 valence electrons. The fraction of sp³-hybridized carbons (Fsp3) is 0.385. The van der Waals surface area contributed by atoms with Crippen molar-refractivity contribution < 1.29 is 14.3 Å². The lowest BCUT2D eigenvalue weighted by atomic mass is 10.3. The SMILES string of the molecule is CCC(=O)N=c1sc2cc(OC)c(OC)cc2n1C. The molecule has 0 radical (unpaired) electrons. The lowest BCUT2D eigenvalue weighted by molar-refractivity contribution is -0.117. The van der Waals surface area contributed by atoms with Gasteiger partial charge < -0.3 is 14.0 Å². The molecule has 0 saturated heterocycles. The van der Waals surface area contributed by atoms with Crippen LogP contribution in [0.5, 0.6) is 11.5 Å².